The molecule has 4 rings (SSSR count). The molecule has 2 unspecified atom stereocenters. The molecule has 2 aromatic rings. The number of methoxy groups -OCH3 is 1. The molecule has 1 saturated carbocycles. The zero-order valence-electron chi connectivity index (χ0n) is 17.2. The van der Waals surface area contributed by atoms with Crippen LogP contribution in [0.1, 0.15) is 38.7 Å². The summed E-state index contributed by atoms with van der Waals surface area (Å²) in [6.07, 6.45) is 4.49. The van der Waals surface area contributed by atoms with E-state index in [1.54, 1.807) is 7.11 Å². The van der Waals surface area contributed by atoms with Crippen molar-refractivity contribution < 1.29 is 14.0 Å². The molecular weight excluding hydrogens is 365 g/mol. The Kier molecular flexibility index (Phi) is 4.75. The van der Waals surface area contributed by atoms with Gasteiger partial charge in [0, 0.05) is 23.0 Å². The highest BCUT2D eigenvalue weighted by Crippen LogP contribution is 2.49. The molecule has 0 bridgehead atoms. The summed E-state index contributed by atoms with van der Waals surface area (Å²) in [4.78, 5) is 0. The van der Waals surface area contributed by atoms with Crippen LogP contribution in [0.2, 0.25) is 0 Å². The Hall–Kier alpha value is -2.64. The Morgan fingerprint density at radius 2 is 1.79 bits per heavy atom. The second kappa shape index (κ2) is 7.00. The van der Waals surface area contributed by atoms with E-state index in [-0.39, 0.29) is 11.2 Å². The van der Waals surface area contributed by atoms with Crippen LogP contribution in [0.15, 0.2) is 42.6 Å². The summed E-state index contributed by atoms with van der Waals surface area (Å²) in [6.45, 7) is 4.30. The van der Waals surface area contributed by atoms with Crippen LogP contribution in [0.25, 0.3) is 16.8 Å². The van der Waals surface area contributed by atoms with Crippen LogP contribution >= 0.6 is 0 Å². The largest absolute Gasteiger partial charge is 0.496 e. The van der Waals surface area contributed by atoms with Gasteiger partial charge in [-0.25, -0.2) is 0 Å². The number of nitrogens with two attached hydrogens (primary N) is 3. The molecule has 1 saturated heterocycles. The van der Waals surface area contributed by atoms with Gasteiger partial charge in [-0.15, -0.1) is 0 Å². The molecule has 2 fully saturated rings. The first-order chi connectivity index (χ1) is 13.8. The molecular formula is C22H28BN3O3. The highest BCUT2D eigenvalue weighted by atomic mass is 16.7. The van der Waals surface area contributed by atoms with Gasteiger partial charge in [0.1, 0.15) is 5.75 Å². The lowest BCUT2D eigenvalue weighted by Gasteiger charge is -2.32. The van der Waals surface area contributed by atoms with Crippen LogP contribution in [-0.4, -0.2) is 25.4 Å². The summed E-state index contributed by atoms with van der Waals surface area (Å²) in [5.41, 5.74) is 21.7. The van der Waals surface area contributed by atoms with E-state index in [2.05, 4.69) is 13.8 Å². The predicted octanol–water partition coefficient (Wildman–Crippen LogP) is 2.60. The molecule has 2 atom stereocenters. The number of rotatable bonds is 4. The van der Waals surface area contributed by atoms with Crippen LogP contribution in [-0.2, 0) is 9.31 Å². The van der Waals surface area contributed by atoms with Gasteiger partial charge in [0.25, 0.3) is 0 Å². The minimum absolute atomic E-state index is 0.254. The van der Waals surface area contributed by atoms with Gasteiger partial charge in [-0.1, -0.05) is 24.3 Å². The average molecular weight is 393 g/mol. The Morgan fingerprint density at radius 1 is 1.10 bits per heavy atom. The summed E-state index contributed by atoms with van der Waals surface area (Å²) in [5.74, 6) is 0.749. The van der Waals surface area contributed by atoms with Gasteiger partial charge in [-0.3, -0.25) is 0 Å². The topological polar surface area (TPSA) is 106 Å². The molecule has 1 heterocycles. The Morgan fingerprint density at radius 3 is 2.38 bits per heavy atom. The molecule has 6 nitrogen and oxygen atoms in total. The van der Waals surface area contributed by atoms with E-state index >= 15 is 0 Å². The molecule has 0 aromatic heterocycles. The van der Waals surface area contributed by atoms with Gasteiger partial charge in [-0.05, 0) is 56.3 Å². The fourth-order valence-corrected chi connectivity index (χ4v) is 4.47. The SMILES string of the molecule is COc1ccc(B2OC3(C)CCCC3(C)O2)cc1-c1ccc(/C(N)=C\N)c(N)c1. The van der Waals surface area contributed by atoms with E-state index < -0.39 is 7.12 Å². The van der Waals surface area contributed by atoms with E-state index in [1.807, 2.05) is 36.4 Å². The van der Waals surface area contributed by atoms with Crippen LogP contribution in [0.5, 0.6) is 5.75 Å². The number of ether oxygens (including phenoxy) is 1. The van der Waals surface area contributed by atoms with Gasteiger partial charge in [0.15, 0.2) is 0 Å². The normalized spacial score (nSPS) is 26.6. The Balaban J connectivity index is 1.71. The molecule has 1 aliphatic carbocycles. The summed E-state index contributed by atoms with van der Waals surface area (Å²) in [6, 6.07) is 11.7. The van der Waals surface area contributed by atoms with E-state index in [0.29, 0.717) is 16.9 Å². The van der Waals surface area contributed by atoms with Crippen molar-refractivity contribution in [3.05, 3.63) is 48.2 Å². The van der Waals surface area contributed by atoms with E-state index in [4.69, 9.17) is 31.2 Å². The lowest BCUT2D eigenvalue weighted by atomic mass is 9.77. The number of anilines is 1. The Bertz CT molecular complexity index is 962. The molecule has 2 aromatic carbocycles. The van der Waals surface area contributed by atoms with Crippen molar-refractivity contribution >= 4 is 24.0 Å². The maximum absolute atomic E-state index is 6.39. The van der Waals surface area contributed by atoms with E-state index in [1.165, 1.54) is 6.20 Å². The number of fused-ring (bicyclic) bond motifs is 1. The standard InChI is InChI=1S/C22H28BN3O3/c1-21-9-4-10-22(21,2)29-23(28-21)15-6-8-20(27-3)17(12-15)14-5-7-16(18(25)11-14)19(26)13-24/h5-8,11-13H,4,9-10,24-26H2,1-3H3/b19-13+. The summed E-state index contributed by atoms with van der Waals surface area (Å²) in [7, 11) is 1.25. The number of benzene rings is 2. The van der Waals surface area contributed by atoms with Crippen molar-refractivity contribution in [1.29, 1.82) is 0 Å². The minimum Gasteiger partial charge on any atom is -0.496 e. The molecule has 1 aliphatic heterocycles. The van der Waals surface area contributed by atoms with E-state index in [0.717, 1.165) is 41.6 Å². The first-order valence-electron chi connectivity index (χ1n) is 9.91. The number of nitrogen functional groups attached to an aromatic ring is 1. The van der Waals surface area contributed by atoms with Gasteiger partial charge < -0.3 is 31.2 Å². The van der Waals surface area contributed by atoms with Crippen LogP contribution < -0.4 is 27.4 Å². The lowest BCUT2D eigenvalue weighted by molar-refractivity contribution is 0.00578. The minimum atomic E-state index is -0.401. The maximum atomic E-state index is 6.39. The molecule has 2 aliphatic rings. The summed E-state index contributed by atoms with van der Waals surface area (Å²) < 4.78 is 18.4. The fraction of sp³-hybridized carbons (Fsp3) is 0.364. The molecule has 0 radical (unpaired) electrons. The zero-order chi connectivity index (χ0) is 20.8. The second-order valence-electron chi connectivity index (χ2n) is 8.27. The first-order valence-corrected chi connectivity index (χ1v) is 9.91. The highest BCUT2D eigenvalue weighted by Gasteiger charge is 2.59. The zero-order valence-corrected chi connectivity index (χ0v) is 17.2. The van der Waals surface area contributed by atoms with Gasteiger partial charge in [0.2, 0.25) is 0 Å². The van der Waals surface area contributed by atoms with Crippen molar-refractivity contribution in [1.82, 2.24) is 0 Å². The maximum Gasteiger partial charge on any atom is 0.494 e. The molecule has 0 amide bonds. The van der Waals surface area contributed by atoms with Crippen LogP contribution in [0.4, 0.5) is 5.69 Å². The molecule has 152 valence electrons. The van der Waals surface area contributed by atoms with Crippen LogP contribution in [0.3, 0.4) is 0 Å². The lowest BCUT2D eigenvalue weighted by Crippen LogP contribution is -2.41. The quantitative estimate of drug-likeness (QED) is 0.545. The number of hydrogen-bond acceptors (Lipinski definition) is 6. The van der Waals surface area contributed by atoms with Crippen molar-refractivity contribution in [2.75, 3.05) is 12.8 Å². The molecule has 0 spiro atoms. The first kappa shape index (κ1) is 19.7. The van der Waals surface area contributed by atoms with Gasteiger partial charge in [0.05, 0.1) is 24.0 Å². The second-order valence-corrected chi connectivity index (χ2v) is 8.27. The number of hydrogen-bond donors (Lipinski definition) is 3. The third-order valence-electron chi connectivity index (χ3n) is 6.51. The summed E-state index contributed by atoms with van der Waals surface area (Å²) >= 11 is 0. The molecule has 6 N–H and O–H groups in total. The predicted molar refractivity (Wildman–Crippen MR) is 117 cm³/mol. The van der Waals surface area contributed by atoms with Gasteiger partial charge >= 0.3 is 7.12 Å². The third kappa shape index (κ3) is 3.14. The molecule has 29 heavy (non-hydrogen) atoms. The monoisotopic (exact) mass is 393 g/mol. The van der Waals surface area contributed by atoms with Crippen molar-refractivity contribution in [3.63, 3.8) is 0 Å². The molecule has 7 heteroatoms. The highest BCUT2D eigenvalue weighted by molar-refractivity contribution is 6.62. The summed E-state index contributed by atoms with van der Waals surface area (Å²) in [5, 5.41) is 0. The van der Waals surface area contributed by atoms with Crippen molar-refractivity contribution in [2.45, 2.75) is 44.3 Å². The van der Waals surface area contributed by atoms with Crippen LogP contribution in [0, 0.1) is 0 Å². The van der Waals surface area contributed by atoms with E-state index in [9.17, 15) is 0 Å². The smallest absolute Gasteiger partial charge is 0.494 e. The fourth-order valence-electron chi connectivity index (χ4n) is 4.47. The van der Waals surface area contributed by atoms with Crippen molar-refractivity contribution in [3.8, 4) is 16.9 Å². The van der Waals surface area contributed by atoms with Crippen molar-refractivity contribution in [2.24, 2.45) is 11.5 Å². The Labute approximate surface area is 172 Å². The average Bonchev–Trinajstić information content (AvgIpc) is 3.13. The van der Waals surface area contributed by atoms with Gasteiger partial charge in [-0.2, -0.15) is 0 Å². The third-order valence-corrected chi connectivity index (χ3v) is 6.51.